The summed E-state index contributed by atoms with van der Waals surface area (Å²) in [6, 6.07) is 4.13. The second-order valence-electron chi connectivity index (χ2n) is 3.26. The van der Waals surface area contributed by atoms with Gasteiger partial charge in [-0.1, -0.05) is 6.92 Å². The molecule has 0 saturated carbocycles. The maximum atomic E-state index is 11.4. The zero-order chi connectivity index (χ0) is 10.8. The van der Waals surface area contributed by atoms with E-state index in [4.69, 9.17) is 4.74 Å². The van der Waals surface area contributed by atoms with E-state index in [1.807, 2.05) is 22.5 Å². The van der Waals surface area contributed by atoms with Crippen LogP contribution < -0.4 is 0 Å². The van der Waals surface area contributed by atoms with Crippen LogP contribution in [0.2, 0.25) is 0 Å². The van der Waals surface area contributed by atoms with Crippen LogP contribution in [-0.2, 0) is 11.2 Å². The summed E-state index contributed by atoms with van der Waals surface area (Å²) in [5.41, 5.74) is 3.00. The average molecular weight is 221 g/mol. The van der Waals surface area contributed by atoms with Gasteiger partial charge >= 0.3 is 5.97 Å². The van der Waals surface area contributed by atoms with Crippen molar-refractivity contribution in [3.05, 3.63) is 35.1 Å². The number of rotatable bonds is 2. The topological polar surface area (TPSA) is 30.7 Å². The fourth-order valence-corrected chi connectivity index (χ4v) is 2.46. The van der Waals surface area contributed by atoms with E-state index in [9.17, 15) is 4.79 Å². The molecular formula is C11H12NO2P. The summed E-state index contributed by atoms with van der Waals surface area (Å²) in [5, 5.41) is 0. The number of aryl methyl sites for hydroxylation is 1. The molecule has 0 saturated heterocycles. The van der Waals surface area contributed by atoms with E-state index in [-0.39, 0.29) is 5.97 Å². The van der Waals surface area contributed by atoms with Gasteiger partial charge in [0.05, 0.1) is 12.6 Å². The summed E-state index contributed by atoms with van der Waals surface area (Å²) >= 11 is 0. The fourth-order valence-electron chi connectivity index (χ4n) is 1.51. The van der Waals surface area contributed by atoms with Crippen LogP contribution in [0.25, 0.3) is 5.52 Å². The molecule has 0 fully saturated rings. The molecule has 0 bridgehead atoms. The number of fused-ring (bicyclic) bond motifs is 1. The Balaban J connectivity index is 2.57. The molecule has 0 radical (unpaired) electrons. The van der Waals surface area contributed by atoms with Crippen LogP contribution in [0.4, 0.5) is 0 Å². The van der Waals surface area contributed by atoms with Crippen molar-refractivity contribution in [2.75, 3.05) is 7.11 Å². The fraction of sp³-hybridized carbons (Fsp3) is 0.273. The lowest BCUT2D eigenvalue weighted by Gasteiger charge is -2.02. The summed E-state index contributed by atoms with van der Waals surface area (Å²) in [7, 11) is 2.31. The quantitative estimate of drug-likeness (QED) is 0.730. The molecule has 15 heavy (non-hydrogen) atoms. The molecule has 0 aromatic carbocycles. The first-order valence-corrected chi connectivity index (χ1v) is 5.77. The molecule has 3 nitrogen and oxygen atoms in total. The molecule has 0 aliphatic heterocycles. The van der Waals surface area contributed by atoms with Gasteiger partial charge in [0.25, 0.3) is 0 Å². The predicted octanol–water partition coefficient (Wildman–Crippen LogP) is 2.87. The molecule has 0 unspecified atom stereocenters. The van der Waals surface area contributed by atoms with Gasteiger partial charge in [-0.15, -0.1) is 0 Å². The number of nitrogens with zero attached hydrogens (tertiary/aromatic N) is 1. The van der Waals surface area contributed by atoms with Gasteiger partial charge in [-0.3, -0.25) is 0 Å². The van der Waals surface area contributed by atoms with Gasteiger partial charge in [-0.25, -0.2) is 4.79 Å². The Kier molecular flexibility index (Phi) is 2.74. The van der Waals surface area contributed by atoms with Crippen molar-refractivity contribution in [1.29, 1.82) is 0 Å². The minimum Gasteiger partial charge on any atom is -0.464 e. The molecule has 0 N–H and O–H groups in total. The van der Waals surface area contributed by atoms with Gasteiger partial charge in [0.2, 0.25) is 0 Å². The minimum absolute atomic E-state index is 0.263. The highest BCUT2D eigenvalue weighted by Gasteiger charge is 2.11. The molecule has 0 atom stereocenters. The third-order valence-corrected chi connectivity index (χ3v) is 3.41. The van der Waals surface area contributed by atoms with E-state index >= 15 is 0 Å². The van der Waals surface area contributed by atoms with Gasteiger partial charge in [-0.05, 0) is 38.1 Å². The van der Waals surface area contributed by atoms with E-state index in [0.29, 0.717) is 5.43 Å². The van der Waals surface area contributed by atoms with Crippen LogP contribution in [0.5, 0.6) is 0 Å². The number of pyridine rings is 1. The first-order valence-electron chi connectivity index (χ1n) is 4.80. The molecular weight excluding hydrogens is 209 g/mol. The largest absolute Gasteiger partial charge is 0.464 e. The predicted molar refractivity (Wildman–Crippen MR) is 60.6 cm³/mol. The van der Waals surface area contributed by atoms with E-state index < -0.39 is 0 Å². The second-order valence-corrected chi connectivity index (χ2v) is 4.20. The van der Waals surface area contributed by atoms with E-state index in [2.05, 4.69) is 13.0 Å². The smallest absolute Gasteiger partial charge is 0.359 e. The summed E-state index contributed by atoms with van der Waals surface area (Å²) < 4.78 is 6.61. The Bertz CT molecular complexity index is 504. The van der Waals surface area contributed by atoms with Crippen molar-refractivity contribution in [3.8, 4) is 0 Å². The number of hydrogen-bond acceptors (Lipinski definition) is 2. The second kappa shape index (κ2) is 4.03. The van der Waals surface area contributed by atoms with Crippen LogP contribution in [-0.4, -0.2) is 17.5 Å². The molecule has 2 heterocycles. The highest BCUT2D eigenvalue weighted by molar-refractivity contribution is 7.31. The molecule has 4 heteroatoms. The molecule has 2 rings (SSSR count). The maximum absolute atomic E-state index is 11.4. The van der Waals surface area contributed by atoms with E-state index in [1.165, 1.54) is 12.7 Å². The average Bonchev–Trinajstić information content (AvgIpc) is 2.70. The number of ether oxygens (including phenoxy) is 1. The zero-order valence-corrected chi connectivity index (χ0v) is 9.62. The Labute approximate surface area is 89.8 Å². The van der Waals surface area contributed by atoms with Gasteiger partial charge in [-0.2, -0.15) is 0 Å². The Morgan fingerprint density at radius 2 is 2.40 bits per heavy atom. The molecule has 2 aromatic heterocycles. The summed E-state index contributed by atoms with van der Waals surface area (Å²) in [6.45, 7) is 2.12. The highest BCUT2D eigenvalue weighted by atomic mass is 31.0. The first kappa shape index (κ1) is 10.2. The lowest BCUT2D eigenvalue weighted by molar-refractivity contribution is 0.0599. The zero-order valence-electron chi connectivity index (χ0n) is 8.73. The van der Waals surface area contributed by atoms with Crippen molar-refractivity contribution in [3.63, 3.8) is 0 Å². The first-order chi connectivity index (χ1) is 7.26. The van der Waals surface area contributed by atoms with Gasteiger partial charge in [0, 0.05) is 6.20 Å². The summed E-state index contributed by atoms with van der Waals surface area (Å²) in [5.74, 6) is 1.76. The van der Waals surface area contributed by atoms with Crippen LogP contribution in [0.1, 0.15) is 22.7 Å². The third-order valence-electron chi connectivity index (χ3n) is 2.37. The van der Waals surface area contributed by atoms with E-state index in [0.717, 1.165) is 20.1 Å². The van der Waals surface area contributed by atoms with Crippen molar-refractivity contribution >= 4 is 19.7 Å². The lowest BCUT2D eigenvalue weighted by atomic mass is 10.2. The Morgan fingerprint density at radius 1 is 1.60 bits per heavy atom. The molecule has 0 aliphatic carbocycles. The van der Waals surface area contributed by atoms with Gasteiger partial charge in [0.15, 0.2) is 5.43 Å². The molecule has 0 spiro atoms. The Hall–Kier alpha value is -1.34. The number of hydrogen-bond donors (Lipinski definition) is 0. The van der Waals surface area contributed by atoms with Crippen LogP contribution in [0, 0.1) is 0 Å². The molecule has 0 amide bonds. The van der Waals surface area contributed by atoms with Crippen molar-refractivity contribution < 1.29 is 9.53 Å². The Morgan fingerprint density at radius 3 is 3.07 bits per heavy atom. The standard InChI is InChI=1S/C11H12NO2P/c1-3-8-4-5-12-9(6-8)7-15-10(12)11(13)14-2/h4-7H,3H2,1-2H3. The third kappa shape index (κ3) is 1.75. The summed E-state index contributed by atoms with van der Waals surface area (Å²) in [6.07, 6.45) is 2.93. The molecule has 2 aromatic rings. The highest BCUT2D eigenvalue weighted by Crippen LogP contribution is 2.22. The monoisotopic (exact) mass is 221 g/mol. The molecule has 78 valence electrons. The van der Waals surface area contributed by atoms with Crippen molar-refractivity contribution in [2.24, 2.45) is 0 Å². The maximum Gasteiger partial charge on any atom is 0.359 e. The minimum atomic E-state index is -0.263. The van der Waals surface area contributed by atoms with Crippen LogP contribution >= 0.6 is 8.19 Å². The SMILES string of the molecule is CCc1ccn2c(C(=O)OC)pcc2c1. The van der Waals surface area contributed by atoms with Crippen LogP contribution in [0.3, 0.4) is 0 Å². The van der Waals surface area contributed by atoms with Gasteiger partial charge in [0.1, 0.15) is 0 Å². The van der Waals surface area contributed by atoms with Crippen molar-refractivity contribution in [2.45, 2.75) is 13.3 Å². The number of aromatic nitrogens is 1. The number of methoxy groups -OCH3 is 1. The lowest BCUT2D eigenvalue weighted by Crippen LogP contribution is -2.03. The van der Waals surface area contributed by atoms with Crippen LogP contribution in [0.15, 0.2) is 24.1 Å². The van der Waals surface area contributed by atoms with E-state index in [1.54, 1.807) is 0 Å². The molecule has 0 aliphatic rings. The van der Waals surface area contributed by atoms with Crippen molar-refractivity contribution in [1.82, 2.24) is 4.40 Å². The normalized spacial score (nSPS) is 11.1. The number of carbonyl (C=O) groups is 1. The number of esters is 1. The number of carbonyl (C=O) groups excluding carboxylic acids is 1. The van der Waals surface area contributed by atoms with Gasteiger partial charge < -0.3 is 9.14 Å². The summed E-state index contributed by atoms with van der Waals surface area (Å²) in [4.78, 5) is 11.4.